The summed E-state index contributed by atoms with van der Waals surface area (Å²) in [7, 11) is -3.49. The molecule has 0 aromatic heterocycles. The van der Waals surface area contributed by atoms with Gasteiger partial charge in [0.05, 0.1) is 5.25 Å². The average Bonchev–Trinajstić information content (AvgIpc) is 2.28. The van der Waals surface area contributed by atoms with E-state index in [1.165, 1.54) is 0 Å². The third-order valence-corrected chi connectivity index (χ3v) is 5.14. The topological polar surface area (TPSA) is 89.3 Å². The minimum absolute atomic E-state index is 0.175. The predicted molar refractivity (Wildman–Crippen MR) is 66.7 cm³/mol. The number of hydrogen-bond donors (Lipinski definition) is 2. The van der Waals surface area contributed by atoms with Gasteiger partial charge in [-0.25, -0.2) is 8.42 Å². The van der Waals surface area contributed by atoms with E-state index in [9.17, 15) is 13.2 Å². The number of amides is 1. The largest absolute Gasteiger partial charge is 0.330 e. The Labute approximate surface area is 103 Å². The monoisotopic (exact) mass is 262 g/mol. The SMILES string of the molecule is CC(C)S(=O)(=O)NC(=O)C1CCC(CN)CC1. The fourth-order valence-electron chi connectivity index (χ4n) is 2.00. The zero-order valence-electron chi connectivity index (χ0n) is 10.5. The first-order valence-electron chi connectivity index (χ1n) is 6.12. The number of sulfonamides is 1. The number of carbonyl (C=O) groups excluding carboxylic acids is 1. The number of hydrogen-bond acceptors (Lipinski definition) is 4. The van der Waals surface area contributed by atoms with E-state index in [0.29, 0.717) is 12.5 Å². The van der Waals surface area contributed by atoms with Gasteiger partial charge >= 0.3 is 0 Å². The molecule has 1 rings (SSSR count). The number of carbonyl (C=O) groups is 1. The Bertz CT molecular complexity index is 357. The molecular weight excluding hydrogens is 240 g/mol. The Hall–Kier alpha value is -0.620. The van der Waals surface area contributed by atoms with Gasteiger partial charge in [-0.1, -0.05) is 0 Å². The van der Waals surface area contributed by atoms with E-state index in [1.54, 1.807) is 13.8 Å². The highest BCUT2D eigenvalue weighted by Crippen LogP contribution is 2.28. The Morgan fingerprint density at radius 3 is 2.24 bits per heavy atom. The van der Waals surface area contributed by atoms with Gasteiger partial charge in [0.25, 0.3) is 0 Å². The summed E-state index contributed by atoms with van der Waals surface area (Å²) in [6.45, 7) is 3.76. The van der Waals surface area contributed by atoms with Crippen LogP contribution in [0.3, 0.4) is 0 Å². The first kappa shape index (κ1) is 14.4. The number of rotatable bonds is 4. The van der Waals surface area contributed by atoms with Crippen LogP contribution in [0.25, 0.3) is 0 Å². The lowest BCUT2D eigenvalue weighted by Crippen LogP contribution is -2.40. The first-order chi connectivity index (χ1) is 7.86. The highest BCUT2D eigenvalue weighted by molar-refractivity contribution is 7.90. The Kier molecular flexibility index (Phi) is 4.94. The molecule has 0 spiro atoms. The zero-order chi connectivity index (χ0) is 13.1. The molecule has 0 unspecified atom stereocenters. The van der Waals surface area contributed by atoms with Crippen molar-refractivity contribution >= 4 is 15.9 Å². The molecule has 5 nitrogen and oxygen atoms in total. The molecule has 1 aliphatic carbocycles. The summed E-state index contributed by atoms with van der Waals surface area (Å²) in [6.07, 6.45) is 3.30. The van der Waals surface area contributed by atoms with Crippen molar-refractivity contribution in [3.05, 3.63) is 0 Å². The van der Waals surface area contributed by atoms with E-state index in [0.717, 1.165) is 25.7 Å². The fourth-order valence-corrected chi connectivity index (χ4v) is 2.68. The molecule has 0 aromatic carbocycles. The van der Waals surface area contributed by atoms with Crippen LogP contribution < -0.4 is 10.5 Å². The van der Waals surface area contributed by atoms with Gasteiger partial charge in [0.2, 0.25) is 15.9 Å². The van der Waals surface area contributed by atoms with E-state index in [2.05, 4.69) is 4.72 Å². The van der Waals surface area contributed by atoms with Crippen LogP contribution in [0.2, 0.25) is 0 Å². The number of nitrogens with two attached hydrogens (primary N) is 1. The minimum atomic E-state index is -3.49. The quantitative estimate of drug-likeness (QED) is 0.776. The van der Waals surface area contributed by atoms with Crippen molar-refractivity contribution in [2.75, 3.05) is 6.54 Å². The van der Waals surface area contributed by atoms with Crippen molar-refractivity contribution < 1.29 is 13.2 Å². The lowest BCUT2D eigenvalue weighted by Gasteiger charge is -2.26. The van der Waals surface area contributed by atoms with Gasteiger partial charge in [0.15, 0.2) is 0 Å². The number of nitrogens with one attached hydrogen (secondary N) is 1. The van der Waals surface area contributed by atoms with Crippen LogP contribution in [0.4, 0.5) is 0 Å². The molecule has 0 aliphatic heterocycles. The van der Waals surface area contributed by atoms with Crippen molar-refractivity contribution in [3.8, 4) is 0 Å². The van der Waals surface area contributed by atoms with Crippen molar-refractivity contribution in [1.82, 2.24) is 4.72 Å². The maximum absolute atomic E-state index is 11.8. The highest BCUT2D eigenvalue weighted by atomic mass is 32.2. The van der Waals surface area contributed by atoms with E-state index >= 15 is 0 Å². The van der Waals surface area contributed by atoms with Gasteiger partial charge in [-0.3, -0.25) is 9.52 Å². The van der Waals surface area contributed by atoms with Crippen molar-refractivity contribution in [3.63, 3.8) is 0 Å². The normalized spacial score (nSPS) is 25.9. The summed E-state index contributed by atoms with van der Waals surface area (Å²) in [6, 6.07) is 0. The van der Waals surface area contributed by atoms with Crippen LogP contribution in [0.1, 0.15) is 39.5 Å². The second kappa shape index (κ2) is 5.82. The summed E-state index contributed by atoms with van der Waals surface area (Å²) in [5.41, 5.74) is 5.57. The van der Waals surface area contributed by atoms with Crippen molar-refractivity contribution in [2.45, 2.75) is 44.8 Å². The summed E-state index contributed by atoms with van der Waals surface area (Å²) >= 11 is 0. The van der Waals surface area contributed by atoms with Crippen LogP contribution in [0.5, 0.6) is 0 Å². The minimum Gasteiger partial charge on any atom is -0.330 e. The maximum atomic E-state index is 11.8. The van der Waals surface area contributed by atoms with Gasteiger partial charge in [-0.05, 0) is 52.0 Å². The molecule has 3 N–H and O–H groups in total. The van der Waals surface area contributed by atoms with Crippen LogP contribution in [-0.2, 0) is 14.8 Å². The third-order valence-electron chi connectivity index (χ3n) is 3.41. The molecule has 0 radical (unpaired) electrons. The molecule has 100 valence electrons. The third kappa shape index (κ3) is 3.96. The second-order valence-corrected chi connectivity index (χ2v) is 7.25. The molecule has 1 fully saturated rings. The van der Waals surface area contributed by atoms with Gasteiger partial charge in [0.1, 0.15) is 0 Å². The van der Waals surface area contributed by atoms with Crippen molar-refractivity contribution in [1.29, 1.82) is 0 Å². The summed E-state index contributed by atoms with van der Waals surface area (Å²) in [5, 5.41) is -0.577. The molecule has 0 saturated heterocycles. The van der Waals surface area contributed by atoms with Crippen LogP contribution in [0.15, 0.2) is 0 Å². The first-order valence-corrected chi connectivity index (χ1v) is 7.67. The Morgan fingerprint density at radius 2 is 1.82 bits per heavy atom. The van der Waals surface area contributed by atoms with Crippen molar-refractivity contribution in [2.24, 2.45) is 17.6 Å². The fraction of sp³-hybridized carbons (Fsp3) is 0.909. The van der Waals surface area contributed by atoms with E-state index < -0.39 is 15.3 Å². The van der Waals surface area contributed by atoms with E-state index in [4.69, 9.17) is 5.73 Å². The Morgan fingerprint density at radius 1 is 1.29 bits per heavy atom. The zero-order valence-corrected chi connectivity index (χ0v) is 11.3. The summed E-state index contributed by atoms with van der Waals surface area (Å²) in [4.78, 5) is 11.8. The summed E-state index contributed by atoms with van der Waals surface area (Å²) in [5.74, 6) is -0.0405. The molecular formula is C11H22N2O3S. The average molecular weight is 262 g/mol. The van der Waals surface area contributed by atoms with Gasteiger partial charge in [-0.2, -0.15) is 0 Å². The predicted octanol–water partition coefficient (Wildman–Crippen LogP) is 0.606. The smallest absolute Gasteiger partial charge is 0.237 e. The molecule has 0 aromatic rings. The lowest BCUT2D eigenvalue weighted by atomic mass is 9.82. The van der Waals surface area contributed by atoms with Crippen LogP contribution in [-0.4, -0.2) is 26.1 Å². The highest BCUT2D eigenvalue weighted by Gasteiger charge is 2.29. The molecule has 0 heterocycles. The van der Waals surface area contributed by atoms with Gasteiger partial charge in [0, 0.05) is 5.92 Å². The van der Waals surface area contributed by atoms with Gasteiger partial charge in [-0.15, -0.1) is 0 Å². The Balaban J connectivity index is 2.50. The second-order valence-electron chi connectivity index (χ2n) is 5.01. The molecule has 17 heavy (non-hydrogen) atoms. The van der Waals surface area contributed by atoms with Gasteiger partial charge < -0.3 is 5.73 Å². The van der Waals surface area contributed by atoms with E-state index in [-0.39, 0.29) is 11.8 Å². The molecule has 0 atom stereocenters. The van der Waals surface area contributed by atoms with Crippen LogP contribution in [0, 0.1) is 11.8 Å². The van der Waals surface area contributed by atoms with Crippen LogP contribution >= 0.6 is 0 Å². The molecule has 1 amide bonds. The standard InChI is InChI=1S/C11H22N2O3S/c1-8(2)17(15,16)13-11(14)10-5-3-9(7-12)4-6-10/h8-10H,3-7,12H2,1-2H3,(H,13,14). The molecule has 1 aliphatic rings. The molecule has 1 saturated carbocycles. The maximum Gasteiger partial charge on any atom is 0.237 e. The lowest BCUT2D eigenvalue weighted by molar-refractivity contribution is -0.124. The molecule has 6 heteroatoms. The molecule has 0 bridgehead atoms. The van der Waals surface area contributed by atoms with E-state index in [1.807, 2.05) is 0 Å². The summed E-state index contributed by atoms with van der Waals surface area (Å²) < 4.78 is 25.3.